The van der Waals surface area contributed by atoms with Crippen LogP contribution in [0.5, 0.6) is 0 Å². The number of amides is 1. The van der Waals surface area contributed by atoms with E-state index in [1.54, 1.807) is 12.2 Å². The van der Waals surface area contributed by atoms with Crippen molar-refractivity contribution in [2.75, 3.05) is 0 Å². The van der Waals surface area contributed by atoms with Gasteiger partial charge in [0.2, 0.25) is 5.91 Å². The molecular formula is C12H16F3NO3. The number of halogens is 3. The summed E-state index contributed by atoms with van der Waals surface area (Å²) >= 11 is 0. The number of hydrogen-bond acceptors (Lipinski definition) is 2. The van der Waals surface area contributed by atoms with Gasteiger partial charge in [-0.2, -0.15) is 13.2 Å². The maximum absolute atomic E-state index is 12.1. The standard InChI is InChI=1S/C12H16F3NO3/c1-7(6-12(13,14)15)16-10(17)8-4-2-3-5-9(8)11(18)19/h2-3,7-9H,4-6H2,1H3,(H,16,17)(H,18,19)/t7?,8-,9+/m1/s1. The molecule has 0 saturated heterocycles. The van der Waals surface area contributed by atoms with Gasteiger partial charge >= 0.3 is 12.1 Å². The van der Waals surface area contributed by atoms with E-state index in [2.05, 4.69) is 5.32 Å². The van der Waals surface area contributed by atoms with E-state index in [1.807, 2.05) is 0 Å². The van der Waals surface area contributed by atoms with Gasteiger partial charge in [-0.25, -0.2) is 0 Å². The summed E-state index contributed by atoms with van der Waals surface area (Å²) < 4.78 is 36.4. The molecule has 1 amide bonds. The Bertz CT molecular complexity index is 379. The van der Waals surface area contributed by atoms with Gasteiger partial charge in [0.1, 0.15) is 0 Å². The molecule has 0 spiro atoms. The van der Waals surface area contributed by atoms with Crippen molar-refractivity contribution in [3.63, 3.8) is 0 Å². The third-order valence-electron chi connectivity index (χ3n) is 3.01. The topological polar surface area (TPSA) is 66.4 Å². The SMILES string of the molecule is CC(CC(F)(F)F)NC(=O)[C@@H]1CC=CC[C@@H]1C(=O)O. The van der Waals surface area contributed by atoms with Crippen molar-refractivity contribution in [1.29, 1.82) is 0 Å². The predicted molar refractivity (Wildman–Crippen MR) is 61.3 cm³/mol. The Morgan fingerprint density at radius 3 is 2.32 bits per heavy atom. The maximum Gasteiger partial charge on any atom is 0.391 e. The first-order valence-electron chi connectivity index (χ1n) is 5.95. The molecule has 0 saturated carbocycles. The summed E-state index contributed by atoms with van der Waals surface area (Å²) in [6, 6.07) is -1.06. The largest absolute Gasteiger partial charge is 0.481 e. The fraction of sp³-hybridized carbons (Fsp3) is 0.667. The molecule has 2 N–H and O–H groups in total. The molecule has 7 heteroatoms. The van der Waals surface area contributed by atoms with Gasteiger partial charge < -0.3 is 10.4 Å². The number of carboxylic acids is 1. The zero-order valence-electron chi connectivity index (χ0n) is 10.4. The number of carboxylic acid groups (broad SMARTS) is 1. The quantitative estimate of drug-likeness (QED) is 0.774. The van der Waals surface area contributed by atoms with Crippen LogP contribution in [0.2, 0.25) is 0 Å². The van der Waals surface area contributed by atoms with E-state index in [4.69, 9.17) is 5.11 Å². The maximum atomic E-state index is 12.1. The molecule has 1 rings (SSSR count). The van der Waals surface area contributed by atoms with Crippen LogP contribution < -0.4 is 5.32 Å². The molecule has 3 atom stereocenters. The summed E-state index contributed by atoms with van der Waals surface area (Å²) in [5.74, 6) is -3.41. The lowest BCUT2D eigenvalue weighted by molar-refractivity contribution is -0.149. The van der Waals surface area contributed by atoms with Gasteiger partial charge in [0.25, 0.3) is 0 Å². The van der Waals surface area contributed by atoms with Crippen LogP contribution >= 0.6 is 0 Å². The lowest BCUT2D eigenvalue weighted by Crippen LogP contribution is -2.43. The molecule has 1 unspecified atom stereocenters. The Balaban J connectivity index is 2.61. The van der Waals surface area contributed by atoms with E-state index in [9.17, 15) is 22.8 Å². The highest BCUT2D eigenvalue weighted by atomic mass is 19.4. The van der Waals surface area contributed by atoms with E-state index in [0.717, 1.165) is 0 Å². The number of aliphatic carboxylic acids is 1. The van der Waals surface area contributed by atoms with Crippen molar-refractivity contribution in [1.82, 2.24) is 5.32 Å². The van der Waals surface area contributed by atoms with Crippen LogP contribution in [0.15, 0.2) is 12.2 Å². The van der Waals surface area contributed by atoms with Crippen molar-refractivity contribution >= 4 is 11.9 Å². The fourth-order valence-corrected chi connectivity index (χ4v) is 2.12. The Morgan fingerprint density at radius 2 is 1.84 bits per heavy atom. The van der Waals surface area contributed by atoms with Gasteiger partial charge in [0.15, 0.2) is 0 Å². The zero-order valence-corrected chi connectivity index (χ0v) is 10.4. The van der Waals surface area contributed by atoms with Gasteiger partial charge in [-0.3, -0.25) is 9.59 Å². The van der Waals surface area contributed by atoms with E-state index < -0.39 is 42.4 Å². The fourth-order valence-electron chi connectivity index (χ4n) is 2.12. The lowest BCUT2D eigenvalue weighted by Gasteiger charge is -2.26. The number of alkyl halides is 3. The molecule has 19 heavy (non-hydrogen) atoms. The third kappa shape index (κ3) is 4.92. The summed E-state index contributed by atoms with van der Waals surface area (Å²) in [5.41, 5.74) is 0. The van der Waals surface area contributed by atoms with E-state index in [-0.39, 0.29) is 12.8 Å². The average Bonchev–Trinajstić information content (AvgIpc) is 2.26. The number of allylic oxidation sites excluding steroid dienone is 2. The minimum absolute atomic E-state index is 0.223. The molecule has 1 aliphatic carbocycles. The van der Waals surface area contributed by atoms with E-state index in [1.165, 1.54) is 6.92 Å². The molecule has 0 aromatic carbocycles. The molecule has 0 fully saturated rings. The second-order valence-electron chi connectivity index (χ2n) is 4.72. The normalized spacial score (nSPS) is 24.8. The molecule has 0 bridgehead atoms. The molecular weight excluding hydrogens is 263 g/mol. The van der Waals surface area contributed by atoms with Gasteiger partial charge in [-0.1, -0.05) is 12.2 Å². The number of hydrogen-bond donors (Lipinski definition) is 2. The summed E-state index contributed by atoms with van der Waals surface area (Å²) in [7, 11) is 0. The van der Waals surface area contributed by atoms with Crippen molar-refractivity contribution in [2.24, 2.45) is 11.8 Å². The molecule has 0 heterocycles. The van der Waals surface area contributed by atoms with Gasteiger partial charge in [-0.15, -0.1) is 0 Å². The van der Waals surface area contributed by atoms with Crippen LogP contribution in [-0.4, -0.2) is 29.2 Å². The summed E-state index contributed by atoms with van der Waals surface area (Å²) in [5, 5.41) is 11.2. The lowest BCUT2D eigenvalue weighted by atomic mass is 9.82. The highest BCUT2D eigenvalue weighted by Crippen LogP contribution is 2.27. The second kappa shape index (κ2) is 6.08. The van der Waals surface area contributed by atoms with E-state index >= 15 is 0 Å². The van der Waals surface area contributed by atoms with Crippen LogP contribution in [0.3, 0.4) is 0 Å². The summed E-state index contributed by atoms with van der Waals surface area (Å²) in [6.45, 7) is 1.25. The summed E-state index contributed by atoms with van der Waals surface area (Å²) in [4.78, 5) is 22.8. The Kier molecular flexibility index (Phi) is 4.97. The molecule has 4 nitrogen and oxygen atoms in total. The van der Waals surface area contributed by atoms with Crippen LogP contribution in [0, 0.1) is 11.8 Å². The van der Waals surface area contributed by atoms with Crippen LogP contribution in [0.1, 0.15) is 26.2 Å². The van der Waals surface area contributed by atoms with Gasteiger partial charge in [-0.05, 0) is 19.8 Å². The van der Waals surface area contributed by atoms with Crippen LogP contribution in [-0.2, 0) is 9.59 Å². The Hall–Kier alpha value is -1.53. The first-order chi connectivity index (χ1) is 8.70. The van der Waals surface area contributed by atoms with Crippen molar-refractivity contribution < 1.29 is 27.9 Å². The number of rotatable bonds is 4. The number of nitrogens with one attached hydrogen (secondary N) is 1. The predicted octanol–water partition coefficient (Wildman–Crippen LogP) is 2.11. The van der Waals surface area contributed by atoms with Crippen molar-refractivity contribution in [2.45, 2.75) is 38.4 Å². The smallest absolute Gasteiger partial charge is 0.391 e. The Labute approximate surface area is 108 Å². The highest BCUT2D eigenvalue weighted by molar-refractivity contribution is 5.85. The molecule has 0 radical (unpaired) electrons. The van der Waals surface area contributed by atoms with Gasteiger partial charge in [0.05, 0.1) is 18.3 Å². The number of carbonyl (C=O) groups excluding carboxylic acids is 1. The molecule has 0 aliphatic heterocycles. The first-order valence-corrected chi connectivity index (χ1v) is 5.95. The monoisotopic (exact) mass is 279 g/mol. The summed E-state index contributed by atoms with van der Waals surface area (Å²) in [6.07, 6.45) is -1.67. The molecule has 0 aromatic heterocycles. The average molecular weight is 279 g/mol. The molecule has 108 valence electrons. The minimum Gasteiger partial charge on any atom is -0.481 e. The zero-order chi connectivity index (χ0) is 14.6. The minimum atomic E-state index is -4.36. The van der Waals surface area contributed by atoms with E-state index in [0.29, 0.717) is 0 Å². The third-order valence-corrected chi connectivity index (χ3v) is 3.01. The van der Waals surface area contributed by atoms with Gasteiger partial charge in [0, 0.05) is 6.04 Å². The van der Waals surface area contributed by atoms with Crippen LogP contribution in [0.4, 0.5) is 13.2 Å². The van der Waals surface area contributed by atoms with Crippen molar-refractivity contribution in [3.8, 4) is 0 Å². The molecule has 0 aromatic rings. The highest BCUT2D eigenvalue weighted by Gasteiger charge is 2.36. The first kappa shape index (κ1) is 15.5. The Morgan fingerprint density at radius 1 is 1.32 bits per heavy atom. The second-order valence-corrected chi connectivity index (χ2v) is 4.72. The van der Waals surface area contributed by atoms with Crippen LogP contribution in [0.25, 0.3) is 0 Å². The molecule has 1 aliphatic rings. The van der Waals surface area contributed by atoms with Crippen molar-refractivity contribution in [3.05, 3.63) is 12.2 Å². The number of carbonyl (C=O) groups is 2.